The van der Waals surface area contributed by atoms with Gasteiger partial charge in [-0.3, -0.25) is 9.10 Å². The Labute approximate surface area is 137 Å². The lowest BCUT2D eigenvalue weighted by Gasteiger charge is -2.23. The van der Waals surface area contributed by atoms with E-state index in [1.165, 1.54) is 4.31 Å². The SMILES string of the molecule is Cc1ccc(NC(=O)C2CCNCC2)cc1N1CCCS1(=O)=O. The highest BCUT2D eigenvalue weighted by molar-refractivity contribution is 7.93. The van der Waals surface area contributed by atoms with Gasteiger partial charge in [0.25, 0.3) is 0 Å². The van der Waals surface area contributed by atoms with Crippen molar-refractivity contribution in [2.24, 2.45) is 5.92 Å². The summed E-state index contributed by atoms with van der Waals surface area (Å²) in [5, 5.41) is 6.18. The Morgan fingerprint density at radius 2 is 2.04 bits per heavy atom. The van der Waals surface area contributed by atoms with Crippen LogP contribution < -0.4 is 14.9 Å². The zero-order valence-corrected chi connectivity index (χ0v) is 14.2. The Morgan fingerprint density at radius 1 is 1.30 bits per heavy atom. The van der Waals surface area contributed by atoms with Crippen molar-refractivity contribution in [3.63, 3.8) is 0 Å². The van der Waals surface area contributed by atoms with Gasteiger partial charge in [-0.2, -0.15) is 0 Å². The highest BCUT2D eigenvalue weighted by Crippen LogP contribution is 2.30. The van der Waals surface area contributed by atoms with E-state index >= 15 is 0 Å². The van der Waals surface area contributed by atoms with E-state index in [9.17, 15) is 13.2 Å². The fraction of sp³-hybridized carbons (Fsp3) is 0.562. The van der Waals surface area contributed by atoms with E-state index in [2.05, 4.69) is 10.6 Å². The van der Waals surface area contributed by atoms with Gasteiger partial charge in [-0.15, -0.1) is 0 Å². The lowest BCUT2D eigenvalue weighted by atomic mass is 9.97. The third kappa shape index (κ3) is 3.50. The molecule has 0 bridgehead atoms. The maximum atomic E-state index is 12.3. The molecule has 2 fully saturated rings. The molecule has 0 aromatic heterocycles. The maximum absolute atomic E-state index is 12.3. The Morgan fingerprint density at radius 3 is 2.70 bits per heavy atom. The molecule has 23 heavy (non-hydrogen) atoms. The van der Waals surface area contributed by atoms with Crippen LogP contribution in [0.1, 0.15) is 24.8 Å². The molecule has 0 aliphatic carbocycles. The molecule has 1 aromatic rings. The van der Waals surface area contributed by atoms with E-state index < -0.39 is 10.0 Å². The van der Waals surface area contributed by atoms with Gasteiger partial charge in [0.2, 0.25) is 15.9 Å². The van der Waals surface area contributed by atoms with Gasteiger partial charge < -0.3 is 10.6 Å². The van der Waals surface area contributed by atoms with Crippen molar-refractivity contribution in [3.8, 4) is 0 Å². The molecule has 2 aliphatic heterocycles. The van der Waals surface area contributed by atoms with Gasteiger partial charge in [-0.25, -0.2) is 8.42 Å². The number of nitrogens with one attached hydrogen (secondary N) is 2. The van der Waals surface area contributed by atoms with Crippen molar-refractivity contribution in [3.05, 3.63) is 23.8 Å². The van der Waals surface area contributed by atoms with Crippen LogP contribution in [0.15, 0.2) is 18.2 Å². The molecule has 2 N–H and O–H groups in total. The predicted octanol–water partition coefficient (Wildman–Crippen LogP) is 1.47. The zero-order chi connectivity index (χ0) is 16.4. The molecule has 6 nitrogen and oxygen atoms in total. The minimum Gasteiger partial charge on any atom is -0.326 e. The Hall–Kier alpha value is -1.60. The van der Waals surface area contributed by atoms with Gasteiger partial charge in [0.05, 0.1) is 11.4 Å². The highest BCUT2D eigenvalue weighted by Gasteiger charge is 2.29. The largest absolute Gasteiger partial charge is 0.326 e. The summed E-state index contributed by atoms with van der Waals surface area (Å²) in [4.78, 5) is 12.3. The monoisotopic (exact) mass is 337 g/mol. The lowest BCUT2D eigenvalue weighted by Crippen LogP contribution is -2.34. The first kappa shape index (κ1) is 16.3. The van der Waals surface area contributed by atoms with Crippen LogP contribution >= 0.6 is 0 Å². The van der Waals surface area contributed by atoms with E-state index in [1.54, 1.807) is 6.07 Å². The zero-order valence-electron chi connectivity index (χ0n) is 13.3. The van der Waals surface area contributed by atoms with Gasteiger partial charge in [-0.05, 0) is 57.0 Å². The van der Waals surface area contributed by atoms with Crippen molar-refractivity contribution >= 4 is 27.3 Å². The second-order valence-corrected chi connectivity index (χ2v) is 8.27. The van der Waals surface area contributed by atoms with E-state index in [-0.39, 0.29) is 17.6 Å². The average Bonchev–Trinajstić information content (AvgIpc) is 2.89. The quantitative estimate of drug-likeness (QED) is 0.875. The molecule has 2 aliphatic rings. The number of amides is 1. The first-order valence-electron chi connectivity index (χ1n) is 8.10. The first-order chi connectivity index (χ1) is 11.0. The number of aryl methyl sites for hydroxylation is 1. The molecule has 0 radical (unpaired) electrons. The van der Waals surface area contributed by atoms with Crippen LogP contribution in [-0.2, 0) is 14.8 Å². The Balaban J connectivity index is 1.79. The molecule has 126 valence electrons. The second-order valence-electron chi connectivity index (χ2n) is 6.26. The van der Waals surface area contributed by atoms with Crippen LogP contribution in [0.3, 0.4) is 0 Å². The minimum absolute atomic E-state index is 0.0191. The van der Waals surface area contributed by atoms with Crippen molar-refractivity contribution in [1.82, 2.24) is 5.32 Å². The molecule has 2 heterocycles. The number of carbonyl (C=O) groups is 1. The number of rotatable bonds is 3. The Kier molecular flexibility index (Phi) is 4.59. The summed E-state index contributed by atoms with van der Waals surface area (Å²) in [6.45, 7) is 4.13. The topological polar surface area (TPSA) is 78.5 Å². The van der Waals surface area contributed by atoms with Crippen LogP contribution in [-0.4, -0.2) is 39.7 Å². The standard InChI is InChI=1S/C16H23N3O3S/c1-12-3-4-14(18-16(20)13-5-7-17-8-6-13)11-15(12)19-9-2-10-23(19,21)22/h3-4,11,13,17H,2,5-10H2,1H3,(H,18,20). The second kappa shape index (κ2) is 6.49. The van der Waals surface area contributed by atoms with Crippen molar-refractivity contribution < 1.29 is 13.2 Å². The fourth-order valence-electron chi connectivity index (χ4n) is 3.19. The molecular weight excluding hydrogens is 314 g/mol. The number of hydrogen-bond acceptors (Lipinski definition) is 4. The maximum Gasteiger partial charge on any atom is 0.235 e. The Bertz CT molecular complexity index is 697. The van der Waals surface area contributed by atoms with Crippen molar-refractivity contribution in [2.75, 3.05) is 35.0 Å². The summed E-state index contributed by atoms with van der Waals surface area (Å²) in [6, 6.07) is 5.47. The number of anilines is 2. The van der Waals surface area contributed by atoms with Crippen molar-refractivity contribution in [2.45, 2.75) is 26.2 Å². The molecule has 0 spiro atoms. The highest BCUT2D eigenvalue weighted by atomic mass is 32.2. The number of sulfonamides is 1. The molecule has 2 saturated heterocycles. The number of hydrogen-bond donors (Lipinski definition) is 2. The van der Waals surface area contributed by atoms with Crippen LogP contribution in [0.5, 0.6) is 0 Å². The normalized spacial score (nSPS) is 21.3. The molecule has 1 aromatic carbocycles. The van der Waals surface area contributed by atoms with Gasteiger partial charge in [0, 0.05) is 18.2 Å². The van der Waals surface area contributed by atoms with E-state index in [0.29, 0.717) is 24.3 Å². The van der Waals surface area contributed by atoms with Crippen LogP contribution in [0.25, 0.3) is 0 Å². The van der Waals surface area contributed by atoms with Crippen LogP contribution in [0.2, 0.25) is 0 Å². The summed E-state index contributed by atoms with van der Waals surface area (Å²) in [5.41, 5.74) is 2.23. The molecule has 0 unspecified atom stereocenters. The number of piperidine rings is 1. The lowest BCUT2D eigenvalue weighted by molar-refractivity contribution is -0.120. The van der Waals surface area contributed by atoms with E-state index in [1.807, 2.05) is 19.1 Å². The molecule has 7 heteroatoms. The van der Waals surface area contributed by atoms with Gasteiger partial charge >= 0.3 is 0 Å². The summed E-state index contributed by atoms with van der Waals surface area (Å²) < 4.78 is 25.7. The number of benzene rings is 1. The summed E-state index contributed by atoms with van der Waals surface area (Å²) >= 11 is 0. The summed E-state index contributed by atoms with van der Waals surface area (Å²) in [7, 11) is -3.22. The number of carbonyl (C=O) groups excluding carboxylic acids is 1. The van der Waals surface area contributed by atoms with Gasteiger partial charge in [-0.1, -0.05) is 6.07 Å². The molecule has 0 atom stereocenters. The third-order valence-corrected chi connectivity index (χ3v) is 6.41. The van der Waals surface area contributed by atoms with E-state index in [0.717, 1.165) is 31.5 Å². The first-order valence-corrected chi connectivity index (χ1v) is 9.71. The fourth-order valence-corrected chi connectivity index (χ4v) is 4.81. The molecule has 1 amide bonds. The minimum atomic E-state index is -3.22. The van der Waals surface area contributed by atoms with Crippen molar-refractivity contribution in [1.29, 1.82) is 0 Å². The summed E-state index contributed by atoms with van der Waals surface area (Å²) in [6.07, 6.45) is 2.32. The third-order valence-electron chi connectivity index (χ3n) is 4.55. The molecule has 3 rings (SSSR count). The average molecular weight is 337 g/mol. The van der Waals surface area contributed by atoms with Gasteiger partial charge in [0.15, 0.2) is 0 Å². The van der Waals surface area contributed by atoms with Crippen LogP contribution in [0, 0.1) is 12.8 Å². The summed E-state index contributed by atoms with van der Waals surface area (Å²) in [5.74, 6) is 0.236. The molecule has 0 saturated carbocycles. The smallest absolute Gasteiger partial charge is 0.235 e. The van der Waals surface area contributed by atoms with Gasteiger partial charge in [0.1, 0.15) is 0 Å². The number of nitrogens with zero attached hydrogens (tertiary/aromatic N) is 1. The van der Waals surface area contributed by atoms with E-state index in [4.69, 9.17) is 0 Å². The van der Waals surface area contributed by atoms with Crippen LogP contribution in [0.4, 0.5) is 11.4 Å². The predicted molar refractivity (Wildman–Crippen MR) is 91.2 cm³/mol. The molecular formula is C16H23N3O3S.